The molecule has 0 fully saturated rings. The van der Waals surface area contributed by atoms with E-state index in [2.05, 4.69) is 26.1 Å². The largest absolute Gasteiger partial charge is 0.480 e. The van der Waals surface area contributed by atoms with Crippen molar-refractivity contribution in [3.63, 3.8) is 0 Å². The molecule has 3 aromatic rings. The van der Waals surface area contributed by atoms with Gasteiger partial charge in [0.2, 0.25) is 0 Å². The van der Waals surface area contributed by atoms with Gasteiger partial charge in [-0.3, -0.25) is 4.79 Å². The van der Waals surface area contributed by atoms with E-state index in [1.54, 1.807) is 0 Å². The van der Waals surface area contributed by atoms with Crippen LogP contribution in [0, 0.1) is 17.0 Å². The van der Waals surface area contributed by atoms with Crippen molar-refractivity contribution < 1.29 is 18.7 Å². The Morgan fingerprint density at radius 2 is 1.82 bits per heavy atom. The van der Waals surface area contributed by atoms with Gasteiger partial charge in [0.05, 0.1) is 6.04 Å². The molecule has 0 bridgehead atoms. The van der Waals surface area contributed by atoms with E-state index in [1.165, 1.54) is 6.07 Å². The number of nitrogens with two attached hydrogens (primary N) is 1. The van der Waals surface area contributed by atoms with Crippen molar-refractivity contribution in [1.82, 2.24) is 9.88 Å². The molecule has 1 heterocycles. The average molecular weight is 456 g/mol. The van der Waals surface area contributed by atoms with Gasteiger partial charge in [-0.15, -0.1) is 0 Å². The lowest BCUT2D eigenvalue weighted by Gasteiger charge is -2.33. The number of aromatic nitrogens is 1. The van der Waals surface area contributed by atoms with Crippen molar-refractivity contribution in [1.29, 1.82) is 0 Å². The highest BCUT2D eigenvalue weighted by Gasteiger charge is 2.30. The molecule has 0 aliphatic carbocycles. The monoisotopic (exact) mass is 455 g/mol. The third-order valence-electron chi connectivity index (χ3n) is 5.65. The zero-order valence-electron chi connectivity index (χ0n) is 19.2. The highest BCUT2D eigenvalue weighted by Crippen LogP contribution is 2.37. The minimum Gasteiger partial charge on any atom is -0.480 e. The van der Waals surface area contributed by atoms with E-state index in [0.717, 1.165) is 23.4 Å². The SMILES string of the molecule is CC(C)(C)[C@@H](NCC[C@H](N)C(=O)O)c1cc(-c2cc(F)ccc2F)cn1Cc1ccccc1. The van der Waals surface area contributed by atoms with Gasteiger partial charge < -0.3 is 20.7 Å². The van der Waals surface area contributed by atoms with Crippen LogP contribution >= 0.6 is 0 Å². The van der Waals surface area contributed by atoms with Gasteiger partial charge in [0.25, 0.3) is 0 Å². The highest BCUT2D eigenvalue weighted by atomic mass is 19.1. The Balaban J connectivity index is 2.02. The molecule has 0 spiro atoms. The molecule has 0 aliphatic heterocycles. The molecular formula is C26H31F2N3O2. The van der Waals surface area contributed by atoms with Crippen LogP contribution < -0.4 is 11.1 Å². The van der Waals surface area contributed by atoms with Gasteiger partial charge in [-0.25, -0.2) is 8.78 Å². The number of aliphatic carboxylic acids is 1. The third kappa shape index (κ3) is 6.27. The summed E-state index contributed by atoms with van der Waals surface area (Å²) in [5.41, 5.74) is 8.16. The molecule has 0 saturated carbocycles. The van der Waals surface area contributed by atoms with E-state index in [9.17, 15) is 13.6 Å². The summed E-state index contributed by atoms with van der Waals surface area (Å²) in [5, 5.41) is 12.5. The second-order valence-corrected chi connectivity index (χ2v) is 9.38. The summed E-state index contributed by atoms with van der Waals surface area (Å²) in [6, 6.07) is 14.1. The van der Waals surface area contributed by atoms with Crippen LogP contribution in [0.3, 0.4) is 0 Å². The van der Waals surface area contributed by atoms with Crippen molar-refractivity contribution in [3.8, 4) is 11.1 Å². The molecule has 2 atom stereocenters. The van der Waals surface area contributed by atoms with Crippen LogP contribution in [0.15, 0.2) is 60.8 Å². The lowest BCUT2D eigenvalue weighted by molar-refractivity contribution is -0.138. The number of carboxylic acids is 1. The normalized spacial score (nSPS) is 13.6. The van der Waals surface area contributed by atoms with Crippen LogP contribution in [0.4, 0.5) is 8.78 Å². The third-order valence-corrected chi connectivity index (χ3v) is 5.65. The first kappa shape index (κ1) is 24.6. The Kier molecular flexibility index (Phi) is 7.66. The molecule has 176 valence electrons. The number of hydrogen-bond donors (Lipinski definition) is 3. The number of halogens is 2. The molecule has 4 N–H and O–H groups in total. The Morgan fingerprint density at radius 1 is 1.12 bits per heavy atom. The fourth-order valence-electron chi connectivity index (χ4n) is 3.92. The fraction of sp³-hybridized carbons (Fsp3) is 0.346. The van der Waals surface area contributed by atoms with Crippen LogP contribution in [0.1, 0.15) is 44.5 Å². The Hall–Kier alpha value is -3.03. The van der Waals surface area contributed by atoms with Crippen molar-refractivity contribution in [2.45, 2.75) is 45.8 Å². The Bertz CT molecular complexity index is 1090. The standard InChI is InChI=1S/C26H31F2N3O2/c1-26(2,3)24(30-12-11-22(29)25(32)33)23-13-18(20-14-19(27)9-10-21(20)28)16-31(23)15-17-7-5-4-6-8-17/h4-10,13-14,16,22,24,30H,11-12,15,29H2,1-3H3,(H,32,33)/t22-,24-/m0/s1. The van der Waals surface area contributed by atoms with Gasteiger partial charge in [0.1, 0.15) is 17.7 Å². The maximum Gasteiger partial charge on any atom is 0.320 e. The van der Waals surface area contributed by atoms with Crippen molar-refractivity contribution in [2.75, 3.05) is 6.54 Å². The molecule has 0 saturated heterocycles. The number of benzene rings is 2. The first-order chi connectivity index (χ1) is 15.6. The van der Waals surface area contributed by atoms with Crippen molar-refractivity contribution in [3.05, 3.63) is 83.7 Å². The number of hydrogen-bond acceptors (Lipinski definition) is 3. The van der Waals surface area contributed by atoms with Crippen LogP contribution in [0.2, 0.25) is 0 Å². The summed E-state index contributed by atoms with van der Waals surface area (Å²) >= 11 is 0. The van der Waals surface area contributed by atoms with Gasteiger partial charge in [0, 0.05) is 29.6 Å². The number of rotatable bonds is 9. The lowest BCUT2D eigenvalue weighted by atomic mass is 9.84. The smallest absolute Gasteiger partial charge is 0.320 e. The van der Waals surface area contributed by atoms with Gasteiger partial charge in [-0.2, -0.15) is 0 Å². The second-order valence-electron chi connectivity index (χ2n) is 9.38. The van der Waals surface area contributed by atoms with E-state index >= 15 is 0 Å². The predicted octanol–water partition coefficient (Wildman–Crippen LogP) is 4.96. The van der Waals surface area contributed by atoms with E-state index in [4.69, 9.17) is 10.8 Å². The fourth-order valence-corrected chi connectivity index (χ4v) is 3.92. The zero-order chi connectivity index (χ0) is 24.2. The molecule has 5 nitrogen and oxygen atoms in total. The average Bonchev–Trinajstić information content (AvgIpc) is 3.15. The van der Waals surface area contributed by atoms with E-state index in [-0.39, 0.29) is 23.4 Å². The molecule has 7 heteroatoms. The number of nitrogens with zero attached hydrogens (tertiary/aromatic N) is 1. The van der Waals surface area contributed by atoms with Gasteiger partial charge in [-0.1, -0.05) is 51.1 Å². The summed E-state index contributed by atoms with van der Waals surface area (Å²) in [6.07, 6.45) is 2.11. The lowest BCUT2D eigenvalue weighted by Crippen LogP contribution is -2.38. The molecule has 0 aliphatic rings. The van der Waals surface area contributed by atoms with E-state index in [1.807, 2.05) is 47.2 Å². The Labute approximate surface area is 193 Å². The first-order valence-electron chi connectivity index (χ1n) is 11.0. The summed E-state index contributed by atoms with van der Waals surface area (Å²) in [4.78, 5) is 11.1. The quantitative estimate of drug-likeness (QED) is 0.426. The second kappa shape index (κ2) is 10.3. The maximum absolute atomic E-state index is 14.6. The molecule has 0 amide bonds. The van der Waals surface area contributed by atoms with Crippen LogP contribution in [-0.4, -0.2) is 28.2 Å². The summed E-state index contributed by atoms with van der Waals surface area (Å²) in [7, 11) is 0. The summed E-state index contributed by atoms with van der Waals surface area (Å²) in [5.74, 6) is -2.04. The molecule has 0 radical (unpaired) electrons. The van der Waals surface area contributed by atoms with Crippen LogP contribution in [0.5, 0.6) is 0 Å². The highest BCUT2D eigenvalue weighted by molar-refractivity contribution is 5.73. The van der Waals surface area contributed by atoms with Crippen molar-refractivity contribution in [2.24, 2.45) is 11.1 Å². The molecular weight excluding hydrogens is 424 g/mol. The molecule has 0 unspecified atom stereocenters. The van der Waals surface area contributed by atoms with Crippen LogP contribution in [0.25, 0.3) is 11.1 Å². The van der Waals surface area contributed by atoms with Crippen molar-refractivity contribution >= 4 is 5.97 Å². The Morgan fingerprint density at radius 3 is 2.45 bits per heavy atom. The minimum absolute atomic E-state index is 0.187. The number of carbonyl (C=O) groups is 1. The minimum atomic E-state index is -1.04. The van der Waals surface area contributed by atoms with Gasteiger partial charge in [0.15, 0.2) is 0 Å². The molecule has 3 rings (SSSR count). The van der Waals surface area contributed by atoms with Gasteiger partial charge in [-0.05, 0) is 48.2 Å². The summed E-state index contributed by atoms with van der Waals surface area (Å²) in [6.45, 7) is 7.17. The van der Waals surface area contributed by atoms with Crippen LogP contribution in [-0.2, 0) is 11.3 Å². The van der Waals surface area contributed by atoms with E-state index in [0.29, 0.717) is 18.7 Å². The first-order valence-corrected chi connectivity index (χ1v) is 11.0. The molecule has 1 aromatic heterocycles. The van der Waals surface area contributed by atoms with E-state index < -0.39 is 23.6 Å². The topological polar surface area (TPSA) is 80.3 Å². The predicted molar refractivity (Wildman–Crippen MR) is 126 cm³/mol. The maximum atomic E-state index is 14.6. The zero-order valence-corrected chi connectivity index (χ0v) is 19.2. The summed E-state index contributed by atoms with van der Waals surface area (Å²) < 4.78 is 30.5. The number of nitrogens with one attached hydrogen (secondary N) is 1. The molecule has 33 heavy (non-hydrogen) atoms. The number of carboxylic acid groups (broad SMARTS) is 1. The van der Waals surface area contributed by atoms with Gasteiger partial charge >= 0.3 is 5.97 Å². The molecule has 2 aromatic carbocycles.